The Morgan fingerprint density at radius 1 is 1.30 bits per heavy atom. The average molecular weight is 412 g/mol. The highest BCUT2D eigenvalue weighted by atomic mass is 35.5. The molecule has 5 nitrogen and oxygen atoms in total. The Balaban J connectivity index is 1.76. The van der Waals surface area contributed by atoms with Gasteiger partial charge in [0.25, 0.3) is 0 Å². The Morgan fingerprint density at radius 2 is 2.04 bits per heavy atom. The highest BCUT2D eigenvalue weighted by Gasteiger charge is 2.15. The van der Waals surface area contributed by atoms with E-state index in [1.165, 1.54) is 0 Å². The summed E-state index contributed by atoms with van der Waals surface area (Å²) in [6.45, 7) is 10.2. The summed E-state index contributed by atoms with van der Waals surface area (Å²) >= 11 is 11.9. The first-order valence-corrected chi connectivity index (χ1v) is 9.91. The van der Waals surface area contributed by atoms with Crippen LogP contribution in [-0.2, 0) is 17.8 Å². The number of carbonyl (C=O) groups is 1. The standard InChI is InChI=1S/C20H27Cl2N3O2/c1-13(2)12-25-15(4)17(14(3)24-25)11-20(26)23-8-5-9-27-19-7-6-16(21)10-18(19)22/h6-7,10,13H,5,8-9,11-12H2,1-4H3,(H,23,26). The predicted octanol–water partition coefficient (Wildman–Crippen LogP) is 4.59. The number of rotatable bonds is 9. The molecule has 1 N–H and O–H groups in total. The molecule has 0 saturated heterocycles. The van der Waals surface area contributed by atoms with Crippen LogP contribution in [0.2, 0.25) is 10.0 Å². The fourth-order valence-electron chi connectivity index (χ4n) is 2.81. The molecule has 0 aliphatic carbocycles. The summed E-state index contributed by atoms with van der Waals surface area (Å²) in [4.78, 5) is 12.2. The fraction of sp³-hybridized carbons (Fsp3) is 0.500. The van der Waals surface area contributed by atoms with Gasteiger partial charge in [0.05, 0.1) is 23.7 Å². The number of hydrogen-bond donors (Lipinski definition) is 1. The zero-order valence-corrected chi connectivity index (χ0v) is 17.8. The van der Waals surface area contributed by atoms with Crippen LogP contribution < -0.4 is 10.1 Å². The summed E-state index contributed by atoms with van der Waals surface area (Å²) in [5.41, 5.74) is 3.00. The van der Waals surface area contributed by atoms with E-state index < -0.39 is 0 Å². The fourth-order valence-corrected chi connectivity index (χ4v) is 3.27. The number of ether oxygens (including phenoxy) is 1. The Kier molecular flexibility index (Phi) is 7.99. The van der Waals surface area contributed by atoms with E-state index in [0.29, 0.717) is 47.7 Å². The molecule has 27 heavy (non-hydrogen) atoms. The van der Waals surface area contributed by atoms with E-state index in [2.05, 4.69) is 24.3 Å². The van der Waals surface area contributed by atoms with E-state index in [1.54, 1.807) is 18.2 Å². The molecule has 1 heterocycles. The quantitative estimate of drug-likeness (QED) is 0.613. The second kappa shape index (κ2) is 10.00. The van der Waals surface area contributed by atoms with E-state index in [9.17, 15) is 4.79 Å². The zero-order valence-electron chi connectivity index (χ0n) is 16.3. The van der Waals surface area contributed by atoms with Crippen molar-refractivity contribution in [2.75, 3.05) is 13.2 Å². The highest BCUT2D eigenvalue weighted by molar-refractivity contribution is 6.35. The van der Waals surface area contributed by atoms with Crippen molar-refractivity contribution in [3.05, 3.63) is 45.2 Å². The lowest BCUT2D eigenvalue weighted by Crippen LogP contribution is -2.27. The van der Waals surface area contributed by atoms with Crippen molar-refractivity contribution in [3.63, 3.8) is 0 Å². The maximum Gasteiger partial charge on any atom is 0.224 e. The molecule has 0 aliphatic heterocycles. The molecule has 0 spiro atoms. The van der Waals surface area contributed by atoms with Gasteiger partial charge in [-0.05, 0) is 44.4 Å². The molecule has 0 fully saturated rings. The molecule has 1 aromatic carbocycles. The number of aromatic nitrogens is 2. The minimum absolute atomic E-state index is 0.00479. The highest BCUT2D eigenvalue weighted by Crippen LogP contribution is 2.27. The minimum atomic E-state index is -0.00479. The van der Waals surface area contributed by atoms with Crippen molar-refractivity contribution in [3.8, 4) is 5.75 Å². The van der Waals surface area contributed by atoms with E-state index in [-0.39, 0.29) is 5.91 Å². The summed E-state index contributed by atoms with van der Waals surface area (Å²) in [6, 6.07) is 5.11. The van der Waals surface area contributed by atoms with Crippen LogP contribution in [0.15, 0.2) is 18.2 Å². The lowest BCUT2D eigenvalue weighted by Gasteiger charge is -2.10. The van der Waals surface area contributed by atoms with E-state index >= 15 is 0 Å². The van der Waals surface area contributed by atoms with Gasteiger partial charge in [0.1, 0.15) is 5.75 Å². The van der Waals surface area contributed by atoms with E-state index in [1.807, 2.05) is 18.5 Å². The van der Waals surface area contributed by atoms with Crippen molar-refractivity contribution in [1.29, 1.82) is 0 Å². The van der Waals surface area contributed by atoms with Crippen molar-refractivity contribution in [1.82, 2.24) is 15.1 Å². The van der Waals surface area contributed by atoms with Crippen LogP contribution in [0.4, 0.5) is 0 Å². The Morgan fingerprint density at radius 3 is 2.70 bits per heavy atom. The number of nitrogens with one attached hydrogen (secondary N) is 1. The van der Waals surface area contributed by atoms with Crippen LogP contribution in [0.5, 0.6) is 5.75 Å². The van der Waals surface area contributed by atoms with E-state index in [4.69, 9.17) is 27.9 Å². The van der Waals surface area contributed by atoms with Crippen molar-refractivity contribution < 1.29 is 9.53 Å². The number of nitrogens with zero attached hydrogens (tertiary/aromatic N) is 2. The van der Waals surface area contributed by atoms with Gasteiger partial charge in [-0.15, -0.1) is 0 Å². The van der Waals surface area contributed by atoms with Gasteiger partial charge in [-0.3, -0.25) is 9.48 Å². The van der Waals surface area contributed by atoms with Gasteiger partial charge in [-0.25, -0.2) is 0 Å². The number of halogens is 2. The van der Waals surface area contributed by atoms with Crippen LogP contribution >= 0.6 is 23.2 Å². The van der Waals surface area contributed by atoms with Gasteiger partial charge in [-0.1, -0.05) is 37.0 Å². The van der Waals surface area contributed by atoms with Gasteiger partial charge < -0.3 is 10.1 Å². The first-order chi connectivity index (χ1) is 12.8. The third kappa shape index (κ3) is 6.43. The Hall–Kier alpha value is -1.72. The molecule has 0 radical (unpaired) electrons. The number of hydrogen-bond acceptors (Lipinski definition) is 3. The van der Waals surface area contributed by atoms with Gasteiger partial charge in [0.15, 0.2) is 0 Å². The van der Waals surface area contributed by atoms with Crippen molar-refractivity contribution in [2.24, 2.45) is 5.92 Å². The van der Waals surface area contributed by atoms with Gasteiger partial charge in [0.2, 0.25) is 5.91 Å². The van der Waals surface area contributed by atoms with Crippen LogP contribution in [0.25, 0.3) is 0 Å². The maximum absolute atomic E-state index is 12.2. The molecule has 148 valence electrons. The maximum atomic E-state index is 12.2. The summed E-state index contributed by atoms with van der Waals surface area (Å²) in [5.74, 6) is 1.10. The third-order valence-electron chi connectivity index (χ3n) is 4.20. The zero-order chi connectivity index (χ0) is 20.0. The molecule has 1 aromatic heterocycles. The molecule has 0 aliphatic rings. The topological polar surface area (TPSA) is 56.2 Å². The van der Waals surface area contributed by atoms with Gasteiger partial charge >= 0.3 is 0 Å². The first kappa shape index (κ1) is 21.6. The van der Waals surface area contributed by atoms with Crippen molar-refractivity contribution >= 4 is 29.1 Å². The second-order valence-electron chi connectivity index (χ2n) is 7.03. The monoisotopic (exact) mass is 411 g/mol. The summed E-state index contributed by atoms with van der Waals surface area (Å²) in [5, 5.41) is 8.54. The molecule has 2 aromatic rings. The summed E-state index contributed by atoms with van der Waals surface area (Å²) in [7, 11) is 0. The largest absolute Gasteiger partial charge is 0.492 e. The molecule has 0 saturated carbocycles. The molecule has 2 rings (SSSR count). The summed E-state index contributed by atoms with van der Waals surface area (Å²) < 4.78 is 7.61. The number of aryl methyl sites for hydroxylation is 1. The smallest absolute Gasteiger partial charge is 0.224 e. The Labute approximate surface area is 171 Å². The van der Waals surface area contributed by atoms with Crippen LogP contribution in [0.3, 0.4) is 0 Å². The molecule has 0 bridgehead atoms. The number of benzene rings is 1. The lowest BCUT2D eigenvalue weighted by atomic mass is 10.1. The molecule has 0 unspecified atom stereocenters. The third-order valence-corrected chi connectivity index (χ3v) is 4.73. The molecule has 7 heteroatoms. The minimum Gasteiger partial charge on any atom is -0.492 e. The lowest BCUT2D eigenvalue weighted by molar-refractivity contribution is -0.120. The number of amides is 1. The van der Waals surface area contributed by atoms with Crippen LogP contribution in [-0.4, -0.2) is 28.8 Å². The summed E-state index contributed by atoms with van der Waals surface area (Å²) in [6.07, 6.45) is 1.04. The van der Waals surface area contributed by atoms with Gasteiger partial charge in [0, 0.05) is 29.4 Å². The SMILES string of the molecule is Cc1nn(CC(C)C)c(C)c1CC(=O)NCCCOc1ccc(Cl)cc1Cl. The normalized spacial score (nSPS) is 11.1. The predicted molar refractivity (Wildman–Crippen MR) is 110 cm³/mol. The second-order valence-corrected chi connectivity index (χ2v) is 7.87. The molecule has 0 atom stereocenters. The Bertz CT molecular complexity index is 788. The van der Waals surface area contributed by atoms with Crippen molar-refractivity contribution in [2.45, 2.75) is 47.1 Å². The first-order valence-electron chi connectivity index (χ1n) is 9.15. The molecular weight excluding hydrogens is 385 g/mol. The van der Waals surface area contributed by atoms with Crippen LogP contribution in [0, 0.1) is 19.8 Å². The average Bonchev–Trinajstić information content (AvgIpc) is 2.83. The van der Waals surface area contributed by atoms with Crippen LogP contribution in [0.1, 0.15) is 37.2 Å². The van der Waals surface area contributed by atoms with Gasteiger partial charge in [-0.2, -0.15) is 5.10 Å². The molecule has 1 amide bonds. The molecular formula is C20H27Cl2N3O2. The van der Waals surface area contributed by atoms with E-state index in [0.717, 1.165) is 23.5 Å². The number of carbonyl (C=O) groups excluding carboxylic acids is 1.